The van der Waals surface area contributed by atoms with E-state index in [0.29, 0.717) is 31.7 Å². The van der Waals surface area contributed by atoms with E-state index < -0.39 is 0 Å². The van der Waals surface area contributed by atoms with Crippen molar-refractivity contribution >= 4 is 11.7 Å². The third-order valence-corrected chi connectivity index (χ3v) is 5.74. The molecular formula is C24H23N7O. The Bertz CT molecular complexity index is 1200. The lowest BCUT2D eigenvalue weighted by Gasteiger charge is -2.35. The van der Waals surface area contributed by atoms with Crippen LogP contribution in [0, 0.1) is 6.92 Å². The standard InChI is InChI=1S/C24H23N7O/c1-18-21(17-26-31(18)20-7-3-2-4-8-20)24(32)30-14-12-29(13-15-30)23-10-9-22(27-28-23)19-6-5-11-25-16-19/h2-11,16-17H,12-15H2,1H3. The molecule has 4 heterocycles. The molecule has 1 aliphatic rings. The Morgan fingerprint density at radius 3 is 2.38 bits per heavy atom. The minimum atomic E-state index is 0.0161. The maximum absolute atomic E-state index is 13.1. The van der Waals surface area contributed by atoms with Gasteiger partial charge in [-0.3, -0.25) is 9.78 Å². The fourth-order valence-electron chi connectivity index (χ4n) is 3.92. The van der Waals surface area contributed by atoms with E-state index in [2.05, 4.69) is 25.2 Å². The Labute approximate surface area is 186 Å². The first-order valence-electron chi connectivity index (χ1n) is 10.6. The summed E-state index contributed by atoms with van der Waals surface area (Å²) in [4.78, 5) is 21.3. The molecule has 0 saturated carbocycles. The molecule has 1 amide bonds. The van der Waals surface area contributed by atoms with Crippen LogP contribution in [0.2, 0.25) is 0 Å². The van der Waals surface area contributed by atoms with Gasteiger partial charge < -0.3 is 9.80 Å². The van der Waals surface area contributed by atoms with Gasteiger partial charge in [-0.15, -0.1) is 10.2 Å². The maximum Gasteiger partial charge on any atom is 0.257 e. The molecule has 5 rings (SSSR count). The molecule has 0 spiro atoms. The topological polar surface area (TPSA) is 80.0 Å². The predicted octanol–water partition coefficient (Wildman–Crippen LogP) is 3.00. The smallest absolute Gasteiger partial charge is 0.257 e. The van der Waals surface area contributed by atoms with Crippen LogP contribution in [0.25, 0.3) is 16.9 Å². The fourth-order valence-corrected chi connectivity index (χ4v) is 3.92. The number of carbonyl (C=O) groups is 1. The van der Waals surface area contributed by atoms with E-state index in [1.54, 1.807) is 18.6 Å². The normalized spacial score (nSPS) is 13.9. The zero-order chi connectivity index (χ0) is 21.9. The van der Waals surface area contributed by atoms with Crippen molar-refractivity contribution in [3.8, 4) is 16.9 Å². The molecule has 1 saturated heterocycles. The summed E-state index contributed by atoms with van der Waals surface area (Å²) in [5, 5.41) is 13.2. The van der Waals surface area contributed by atoms with E-state index in [-0.39, 0.29) is 5.91 Å². The lowest BCUT2D eigenvalue weighted by atomic mass is 10.2. The van der Waals surface area contributed by atoms with Gasteiger partial charge in [-0.05, 0) is 43.3 Å². The zero-order valence-corrected chi connectivity index (χ0v) is 17.8. The predicted molar refractivity (Wildman–Crippen MR) is 122 cm³/mol. The van der Waals surface area contributed by atoms with Crippen molar-refractivity contribution < 1.29 is 4.79 Å². The second-order valence-corrected chi connectivity index (χ2v) is 7.69. The molecule has 8 heteroatoms. The highest BCUT2D eigenvalue weighted by Crippen LogP contribution is 2.20. The number of carbonyl (C=O) groups excluding carboxylic acids is 1. The Hall–Kier alpha value is -4.07. The van der Waals surface area contributed by atoms with Crippen molar-refractivity contribution in [2.75, 3.05) is 31.1 Å². The van der Waals surface area contributed by atoms with E-state index in [0.717, 1.165) is 28.5 Å². The number of piperazine rings is 1. The summed E-state index contributed by atoms with van der Waals surface area (Å²) < 4.78 is 1.81. The van der Waals surface area contributed by atoms with Crippen LogP contribution in [0.4, 0.5) is 5.82 Å². The van der Waals surface area contributed by atoms with Crippen molar-refractivity contribution in [1.82, 2.24) is 29.9 Å². The summed E-state index contributed by atoms with van der Waals surface area (Å²) in [6, 6.07) is 17.6. The summed E-state index contributed by atoms with van der Waals surface area (Å²) in [7, 11) is 0. The van der Waals surface area contributed by atoms with E-state index >= 15 is 0 Å². The van der Waals surface area contributed by atoms with Crippen LogP contribution in [0.5, 0.6) is 0 Å². The van der Waals surface area contributed by atoms with E-state index in [4.69, 9.17) is 0 Å². The third-order valence-electron chi connectivity index (χ3n) is 5.74. The quantitative estimate of drug-likeness (QED) is 0.500. The van der Waals surface area contributed by atoms with Crippen LogP contribution >= 0.6 is 0 Å². The summed E-state index contributed by atoms with van der Waals surface area (Å²) in [6.45, 7) is 4.60. The molecule has 1 aromatic carbocycles. The number of nitrogens with zero attached hydrogens (tertiary/aromatic N) is 7. The van der Waals surface area contributed by atoms with Gasteiger partial charge in [0.05, 0.1) is 28.8 Å². The van der Waals surface area contributed by atoms with Crippen molar-refractivity contribution in [1.29, 1.82) is 0 Å². The minimum Gasteiger partial charge on any atom is -0.352 e. The van der Waals surface area contributed by atoms with Crippen LogP contribution < -0.4 is 4.90 Å². The van der Waals surface area contributed by atoms with Crippen molar-refractivity contribution in [2.24, 2.45) is 0 Å². The number of pyridine rings is 1. The first-order chi connectivity index (χ1) is 15.7. The number of benzene rings is 1. The van der Waals surface area contributed by atoms with Gasteiger partial charge in [0.2, 0.25) is 0 Å². The largest absolute Gasteiger partial charge is 0.352 e. The van der Waals surface area contributed by atoms with Crippen LogP contribution in [0.15, 0.2) is 73.2 Å². The number of para-hydroxylation sites is 1. The number of hydrogen-bond donors (Lipinski definition) is 0. The number of hydrogen-bond acceptors (Lipinski definition) is 6. The van der Waals surface area contributed by atoms with Gasteiger partial charge in [0.15, 0.2) is 5.82 Å². The van der Waals surface area contributed by atoms with Gasteiger partial charge in [0.25, 0.3) is 5.91 Å². The SMILES string of the molecule is Cc1c(C(=O)N2CCN(c3ccc(-c4cccnc4)nn3)CC2)cnn1-c1ccccc1. The number of rotatable bonds is 4. The highest BCUT2D eigenvalue weighted by Gasteiger charge is 2.25. The molecule has 4 aromatic rings. The highest BCUT2D eigenvalue weighted by atomic mass is 16.2. The molecule has 0 bridgehead atoms. The van der Waals surface area contributed by atoms with E-state index in [1.807, 2.05) is 71.1 Å². The molecule has 32 heavy (non-hydrogen) atoms. The van der Waals surface area contributed by atoms with Gasteiger partial charge in [-0.1, -0.05) is 18.2 Å². The maximum atomic E-state index is 13.1. The lowest BCUT2D eigenvalue weighted by molar-refractivity contribution is 0.0745. The second kappa shape index (κ2) is 8.58. The molecule has 0 N–H and O–H groups in total. The Morgan fingerprint density at radius 2 is 1.69 bits per heavy atom. The Kier molecular flexibility index (Phi) is 5.33. The zero-order valence-electron chi connectivity index (χ0n) is 17.8. The molecular weight excluding hydrogens is 402 g/mol. The minimum absolute atomic E-state index is 0.0161. The Balaban J connectivity index is 1.24. The molecule has 3 aromatic heterocycles. The van der Waals surface area contributed by atoms with Crippen LogP contribution in [0.3, 0.4) is 0 Å². The monoisotopic (exact) mass is 425 g/mol. The molecule has 0 atom stereocenters. The highest BCUT2D eigenvalue weighted by molar-refractivity contribution is 5.95. The number of amides is 1. The number of anilines is 1. The lowest BCUT2D eigenvalue weighted by Crippen LogP contribution is -2.49. The first-order valence-corrected chi connectivity index (χ1v) is 10.6. The van der Waals surface area contributed by atoms with Gasteiger partial charge in [-0.25, -0.2) is 4.68 Å². The average molecular weight is 425 g/mol. The average Bonchev–Trinajstić information content (AvgIpc) is 3.26. The van der Waals surface area contributed by atoms with E-state index in [9.17, 15) is 4.79 Å². The molecule has 160 valence electrons. The fraction of sp³-hybridized carbons (Fsp3) is 0.208. The first kappa shape index (κ1) is 19.9. The molecule has 0 aliphatic carbocycles. The summed E-state index contributed by atoms with van der Waals surface area (Å²) in [5.74, 6) is 0.833. The van der Waals surface area contributed by atoms with Crippen LogP contribution in [-0.2, 0) is 0 Å². The van der Waals surface area contributed by atoms with Gasteiger partial charge >= 0.3 is 0 Å². The molecule has 0 radical (unpaired) electrons. The van der Waals surface area contributed by atoms with Crippen LogP contribution in [0.1, 0.15) is 16.1 Å². The summed E-state index contributed by atoms with van der Waals surface area (Å²) >= 11 is 0. The van der Waals surface area contributed by atoms with Gasteiger partial charge in [0, 0.05) is 44.1 Å². The second-order valence-electron chi connectivity index (χ2n) is 7.69. The summed E-state index contributed by atoms with van der Waals surface area (Å²) in [6.07, 6.45) is 5.18. The van der Waals surface area contributed by atoms with Crippen molar-refractivity contribution in [3.63, 3.8) is 0 Å². The summed E-state index contributed by atoms with van der Waals surface area (Å²) in [5.41, 5.74) is 4.17. The van der Waals surface area contributed by atoms with Gasteiger partial charge in [0.1, 0.15) is 0 Å². The molecule has 1 aliphatic heterocycles. The van der Waals surface area contributed by atoms with Crippen molar-refractivity contribution in [3.05, 3.63) is 84.4 Å². The molecule has 1 fully saturated rings. The molecule has 0 unspecified atom stereocenters. The third kappa shape index (κ3) is 3.82. The van der Waals surface area contributed by atoms with Crippen molar-refractivity contribution in [2.45, 2.75) is 6.92 Å². The van der Waals surface area contributed by atoms with E-state index in [1.165, 1.54) is 0 Å². The van der Waals surface area contributed by atoms with Crippen LogP contribution in [-0.4, -0.2) is 61.9 Å². The van der Waals surface area contributed by atoms with Gasteiger partial charge in [-0.2, -0.15) is 5.10 Å². The molecule has 8 nitrogen and oxygen atoms in total. The number of aromatic nitrogens is 5. The Morgan fingerprint density at radius 1 is 0.875 bits per heavy atom.